The number of morpholine rings is 1. The van der Waals surface area contributed by atoms with Gasteiger partial charge in [0, 0.05) is 44.2 Å². The molecule has 4 rings (SSSR count). The molecular formula is C27H32F3N5O3. The summed E-state index contributed by atoms with van der Waals surface area (Å²) in [5.74, 6) is 0.254. The molecule has 1 aliphatic heterocycles. The summed E-state index contributed by atoms with van der Waals surface area (Å²) in [5, 5.41) is 8.29. The molecule has 38 heavy (non-hydrogen) atoms. The van der Waals surface area contributed by atoms with Gasteiger partial charge in [0.05, 0.1) is 48.5 Å². The largest absolute Gasteiger partial charge is 0.494 e. The van der Waals surface area contributed by atoms with Crippen LogP contribution < -0.4 is 25.6 Å². The van der Waals surface area contributed by atoms with Crippen molar-refractivity contribution < 1.29 is 27.4 Å². The van der Waals surface area contributed by atoms with Gasteiger partial charge in [-0.3, -0.25) is 4.79 Å². The number of benzene rings is 2. The zero-order valence-electron chi connectivity index (χ0n) is 21.8. The Kier molecular flexibility index (Phi) is 9.78. The van der Waals surface area contributed by atoms with E-state index in [-0.39, 0.29) is 22.8 Å². The zero-order chi connectivity index (χ0) is 27.7. The van der Waals surface area contributed by atoms with E-state index in [1.165, 1.54) is 32.4 Å². The minimum Gasteiger partial charge on any atom is -0.494 e. The van der Waals surface area contributed by atoms with Crippen LogP contribution in [0.25, 0.3) is 0 Å². The molecule has 3 aromatic rings. The molecule has 0 saturated carbocycles. The standard InChI is InChI=1S/C25H26F3N5O3.C2H6/c1-29-24(34)17-5-3-4-6-19(17)31-21-14-23(30-15-18(21)25(26,27)28)32-20-8-7-16(13-22(20)35-2)33-9-11-36-12-10-33;1-2/h3-8,13-15H,9-12H2,1-2H3,(H,29,34)(H2,30,31,32);1-2H3. The first-order valence-corrected chi connectivity index (χ1v) is 12.2. The second kappa shape index (κ2) is 13.0. The Balaban J connectivity index is 0.00000195. The second-order valence-corrected chi connectivity index (χ2v) is 7.97. The number of halogens is 3. The molecule has 0 atom stereocenters. The van der Waals surface area contributed by atoms with Crippen molar-refractivity contribution in [1.29, 1.82) is 0 Å². The number of hydrogen-bond acceptors (Lipinski definition) is 7. The lowest BCUT2D eigenvalue weighted by Crippen LogP contribution is -2.36. The maximum absolute atomic E-state index is 13.8. The van der Waals surface area contributed by atoms with Crippen molar-refractivity contribution in [1.82, 2.24) is 10.3 Å². The number of pyridine rings is 1. The van der Waals surface area contributed by atoms with Crippen molar-refractivity contribution in [3.05, 3.63) is 65.9 Å². The number of hydrogen-bond donors (Lipinski definition) is 3. The second-order valence-electron chi connectivity index (χ2n) is 7.97. The Labute approximate surface area is 220 Å². The first kappa shape index (κ1) is 28.6. The molecule has 8 nitrogen and oxygen atoms in total. The average Bonchev–Trinajstić information content (AvgIpc) is 2.94. The number of carbonyl (C=O) groups excluding carboxylic acids is 1. The minimum atomic E-state index is -4.66. The number of alkyl halides is 3. The van der Waals surface area contributed by atoms with Gasteiger partial charge in [-0.1, -0.05) is 26.0 Å². The molecule has 0 radical (unpaired) electrons. The van der Waals surface area contributed by atoms with Gasteiger partial charge in [-0.25, -0.2) is 4.98 Å². The molecule has 3 N–H and O–H groups in total. The molecule has 11 heteroatoms. The quantitative estimate of drug-likeness (QED) is 0.354. The van der Waals surface area contributed by atoms with Crippen molar-refractivity contribution in [2.45, 2.75) is 20.0 Å². The van der Waals surface area contributed by atoms with E-state index >= 15 is 0 Å². The predicted molar refractivity (Wildman–Crippen MR) is 143 cm³/mol. The number of methoxy groups -OCH3 is 1. The molecule has 0 bridgehead atoms. The Morgan fingerprint density at radius 2 is 1.71 bits per heavy atom. The fraction of sp³-hybridized carbons (Fsp3) is 0.333. The highest BCUT2D eigenvalue weighted by atomic mass is 19.4. The Morgan fingerprint density at radius 3 is 2.37 bits per heavy atom. The lowest BCUT2D eigenvalue weighted by Gasteiger charge is -2.29. The molecular weight excluding hydrogens is 499 g/mol. The van der Waals surface area contributed by atoms with Crippen LogP contribution in [-0.2, 0) is 10.9 Å². The molecule has 0 unspecified atom stereocenters. The number of ether oxygens (including phenoxy) is 2. The molecule has 1 aliphatic rings. The summed E-state index contributed by atoms with van der Waals surface area (Å²) in [4.78, 5) is 18.3. The van der Waals surface area contributed by atoms with Gasteiger partial charge < -0.3 is 30.3 Å². The van der Waals surface area contributed by atoms with Crippen LogP contribution in [-0.4, -0.2) is 51.4 Å². The third-order valence-electron chi connectivity index (χ3n) is 5.70. The van der Waals surface area contributed by atoms with E-state index < -0.39 is 17.6 Å². The molecule has 1 amide bonds. The SMILES string of the molecule is CC.CNC(=O)c1ccccc1Nc1cc(Nc2ccc(N3CCOCC3)cc2OC)ncc1C(F)(F)F. The van der Waals surface area contributed by atoms with Crippen molar-refractivity contribution in [2.24, 2.45) is 0 Å². The summed E-state index contributed by atoms with van der Waals surface area (Å²) in [5.41, 5.74) is 0.717. The van der Waals surface area contributed by atoms with E-state index in [0.29, 0.717) is 24.7 Å². The number of aromatic nitrogens is 1. The third kappa shape index (κ3) is 6.86. The number of nitrogens with zero attached hydrogens (tertiary/aromatic N) is 2. The van der Waals surface area contributed by atoms with Crippen LogP contribution in [0.2, 0.25) is 0 Å². The first-order valence-electron chi connectivity index (χ1n) is 12.2. The van der Waals surface area contributed by atoms with Crippen LogP contribution in [0.3, 0.4) is 0 Å². The fourth-order valence-electron chi connectivity index (χ4n) is 3.86. The van der Waals surface area contributed by atoms with E-state index in [1.54, 1.807) is 18.2 Å². The summed E-state index contributed by atoms with van der Waals surface area (Å²) in [6.07, 6.45) is -3.91. The molecule has 1 aromatic heterocycles. The number of amides is 1. The number of carbonyl (C=O) groups is 1. The highest BCUT2D eigenvalue weighted by molar-refractivity contribution is 6.00. The molecule has 1 fully saturated rings. The average molecular weight is 532 g/mol. The Hall–Kier alpha value is -3.99. The van der Waals surface area contributed by atoms with Crippen LogP contribution in [0.15, 0.2) is 54.7 Å². The van der Waals surface area contributed by atoms with E-state index in [9.17, 15) is 18.0 Å². The van der Waals surface area contributed by atoms with E-state index in [2.05, 4.69) is 25.8 Å². The number of anilines is 5. The van der Waals surface area contributed by atoms with Gasteiger partial charge in [-0.2, -0.15) is 13.2 Å². The molecule has 1 saturated heterocycles. The van der Waals surface area contributed by atoms with E-state index in [0.717, 1.165) is 25.0 Å². The van der Waals surface area contributed by atoms with Crippen molar-refractivity contribution in [2.75, 3.05) is 56.0 Å². The van der Waals surface area contributed by atoms with Crippen molar-refractivity contribution in [3.63, 3.8) is 0 Å². The first-order chi connectivity index (χ1) is 18.3. The normalized spacial score (nSPS) is 13.2. The Morgan fingerprint density at radius 1 is 1.00 bits per heavy atom. The van der Waals surface area contributed by atoms with Gasteiger partial charge in [0.2, 0.25) is 0 Å². The summed E-state index contributed by atoms with van der Waals surface area (Å²) in [6.45, 7) is 6.78. The number of nitrogens with one attached hydrogen (secondary N) is 3. The van der Waals surface area contributed by atoms with Gasteiger partial charge in [-0.05, 0) is 24.3 Å². The van der Waals surface area contributed by atoms with Crippen LogP contribution in [0.5, 0.6) is 5.75 Å². The highest BCUT2D eigenvalue weighted by Crippen LogP contribution is 2.38. The minimum absolute atomic E-state index is 0.167. The highest BCUT2D eigenvalue weighted by Gasteiger charge is 2.34. The topological polar surface area (TPSA) is 87.8 Å². The van der Waals surface area contributed by atoms with Gasteiger partial charge in [0.25, 0.3) is 5.91 Å². The maximum atomic E-state index is 13.8. The summed E-state index contributed by atoms with van der Waals surface area (Å²) in [7, 11) is 2.97. The molecule has 2 heterocycles. The van der Waals surface area contributed by atoms with Gasteiger partial charge in [0.15, 0.2) is 0 Å². The lowest BCUT2D eigenvalue weighted by atomic mass is 10.1. The fourth-order valence-corrected chi connectivity index (χ4v) is 3.86. The molecule has 2 aromatic carbocycles. The van der Waals surface area contributed by atoms with Crippen molar-refractivity contribution >= 4 is 34.5 Å². The Bertz CT molecular complexity index is 1230. The van der Waals surface area contributed by atoms with E-state index in [1.807, 2.05) is 26.0 Å². The zero-order valence-corrected chi connectivity index (χ0v) is 21.8. The predicted octanol–water partition coefficient (Wildman–Crippen LogP) is 5.82. The molecule has 204 valence electrons. The third-order valence-corrected chi connectivity index (χ3v) is 5.70. The number of para-hydroxylation sites is 1. The van der Waals surface area contributed by atoms with Crippen molar-refractivity contribution in [3.8, 4) is 5.75 Å². The van der Waals surface area contributed by atoms with Gasteiger partial charge in [-0.15, -0.1) is 0 Å². The van der Waals surface area contributed by atoms with Crippen LogP contribution in [0, 0.1) is 0 Å². The smallest absolute Gasteiger partial charge is 0.419 e. The van der Waals surface area contributed by atoms with Crippen LogP contribution in [0.1, 0.15) is 29.8 Å². The lowest BCUT2D eigenvalue weighted by molar-refractivity contribution is -0.137. The number of rotatable bonds is 7. The summed E-state index contributed by atoms with van der Waals surface area (Å²) < 4.78 is 52.2. The maximum Gasteiger partial charge on any atom is 0.419 e. The van der Waals surface area contributed by atoms with Crippen LogP contribution in [0.4, 0.5) is 41.7 Å². The monoisotopic (exact) mass is 531 g/mol. The van der Waals surface area contributed by atoms with Crippen LogP contribution >= 0.6 is 0 Å². The van der Waals surface area contributed by atoms with Gasteiger partial charge in [0.1, 0.15) is 11.6 Å². The summed E-state index contributed by atoms with van der Waals surface area (Å²) >= 11 is 0. The van der Waals surface area contributed by atoms with Gasteiger partial charge >= 0.3 is 6.18 Å². The summed E-state index contributed by atoms with van der Waals surface area (Å²) in [6, 6.07) is 13.1. The molecule has 0 aliphatic carbocycles. The molecule has 0 spiro atoms. The van der Waals surface area contributed by atoms with E-state index in [4.69, 9.17) is 9.47 Å².